The highest BCUT2D eigenvalue weighted by atomic mass is 16.5. The first kappa shape index (κ1) is 58.8. The van der Waals surface area contributed by atoms with Gasteiger partial charge in [0.05, 0.1) is 31.3 Å². The molecule has 7 nitrogen and oxygen atoms in total. The van der Waals surface area contributed by atoms with Crippen molar-refractivity contribution in [3.63, 3.8) is 0 Å². The van der Waals surface area contributed by atoms with Crippen molar-refractivity contribution < 1.29 is 28.5 Å². The van der Waals surface area contributed by atoms with E-state index in [0.29, 0.717) is 38.5 Å². The first-order valence-electron chi connectivity index (χ1n) is 26.6. The number of unbranched alkanes of at least 4 members (excludes halogenated alkanes) is 26. The minimum absolute atomic E-state index is 0.0335. The molecule has 0 saturated heterocycles. The van der Waals surface area contributed by atoms with Crippen LogP contribution in [0.15, 0.2) is 0 Å². The van der Waals surface area contributed by atoms with Gasteiger partial charge >= 0.3 is 5.97 Å². The van der Waals surface area contributed by atoms with Crippen molar-refractivity contribution in [3.05, 3.63) is 0 Å². The van der Waals surface area contributed by atoms with E-state index in [0.717, 1.165) is 45.5 Å². The lowest BCUT2D eigenvalue weighted by Gasteiger charge is -2.29. The summed E-state index contributed by atoms with van der Waals surface area (Å²) in [4.78, 5) is 25.1. The minimum Gasteiger partial charge on any atom is -0.466 e. The third-order valence-corrected chi connectivity index (χ3v) is 12.9. The first-order valence-corrected chi connectivity index (χ1v) is 26.6. The van der Waals surface area contributed by atoms with Crippen molar-refractivity contribution in [2.75, 3.05) is 39.6 Å². The summed E-state index contributed by atoms with van der Waals surface area (Å²) in [5.74, 6) is 0.250. The summed E-state index contributed by atoms with van der Waals surface area (Å²) in [6.45, 7) is 16.9. The molecule has 0 aliphatic heterocycles. The van der Waals surface area contributed by atoms with Crippen molar-refractivity contribution in [1.82, 2.24) is 5.32 Å². The van der Waals surface area contributed by atoms with E-state index < -0.39 is 0 Å². The summed E-state index contributed by atoms with van der Waals surface area (Å²) in [7, 11) is 0. The fourth-order valence-electron chi connectivity index (χ4n) is 8.02. The van der Waals surface area contributed by atoms with Crippen LogP contribution in [0, 0.1) is 5.92 Å². The number of amides is 1. The van der Waals surface area contributed by atoms with Gasteiger partial charge in [-0.25, -0.2) is 0 Å². The highest BCUT2D eigenvalue weighted by Crippen LogP contribution is 2.23. The molecule has 2 unspecified atom stereocenters. The number of esters is 1. The quantitative estimate of drug-likeness (QED) is 0.0485. The Hall–Kier alpha value is -1.18. The maximum Gasteiger partial charge on any atom is 0.306 e. The Labute approximate surface area is 374 Å². The Morgan fingerprint density at radius 1 is 0.517 bits per heavy atom. The van der Waals surface area contributed by atoms with Crippen LogP contribution < -0.4 is 5.32 Å². The van der Waals surface area contributed by atoms with Crippen LogP contribution in [-0.4, -0.2) is 63.2 Å². The normalized spacial score (nSPS) is 13.2. The monoisotopic (exact) mass is 852 g/mol. The third-order valence-electron chi connectivity index (χ3n) is 12.9. The van der Waals surface area contributed by atoms with Gasteiger partial charge in [0.2, 0.25) is 5.91 Å². The van der Waals surface area contributed by atoms with Crippen LogP contribution in [0.2, 0.25) is 0 Å². The summed E-state index contributed by atoms with van der Waals surface area (Å²) >= 11 is 0. The number of rotatable bonds is 49. The Kier molecular flexibility index (Phi) is 44.9. The number of nitrogens with one attached hydrogen (secondary N) is 1. The molecule has 0 heterocycles. The van der Waals surface area contributed by atoms with E-state index in [1.54, 1.807) is 0 Å². The highest BCUT2D eigenvalue weighted by molar-refractivity contribution is 5.81. The predicted molar refractivity (Wildman–Crippen MR) is 257 cm³/mol. The van der Waals surface area contributed by atoms with Crippen LogP contribution in [0.5, 0.6) is 0 Å². The molecule has 0 rings (SSSR count). The maximum atomic E-state index is 12.6. The lowest BCUT2D eigenvalue weighted by atomic mass is 9.98. The van der Waals surface area contributed by atoms with Gasteiger partial charge in [-0.3, -0.25) is 9.59 Å². The average Bonchev–Trinajstić information content (AvgIpc) is 3.25. The zero-order valence-corrected chi connectivity index (χ0v) is 41.3. The van der Waals surface area contributed by atoms with Gasteiger partial charge < -0.3 is 24.3 Å². The van der Waals surface area contributed by atoms with E-state index in [1.165, 1.54) is 180 Å². The van der Waals surface area contributed by atoms with E-state index in [9.17, 15) is 9.59 Å². The van der Waals surface area contributed by atoms with Crippen LogP contribution in [0.3, 0.4) is 0 Å². The Morgan fingerprint density at radius 2 is 0.967 bits per heavy atom. The second-order valence-electron chi connectivity index (χ2n) is 18.5. The van der Waals surface area contributed by atoms with E-state index >= 15 is 0 Å². The molecule has 0 aliphatic carbocycles. The fourth-order valence-corrected chi connectivity index (χ4v) is 8.02. The van der Waals surface area contributed by atoms with Gasteiger partial charge in [0.25, 0.3) is 0 Å². The van der Waals surface area contributed by atoms with Crippen molar-refractivity contribution in [2.45, 2.75) is 284 Å². The molecular weight excluding hydrogens is 747 g/mol. The van der Waals surface area contributed by atoms with Crippen LogP contribution in [0.1, 0.15) is 273 Å². The SMILES string of the molecule is CCCCCCCCCCCCCCCCOCC(CCNC(=O)CCC(=O)OCCC(C)(CC)OCCC(CC)CC)OCCCCCCCCCCCCCCCC. The molecule has 0 aliphatic rings. The van der Waals surface area contributed by atoms with Gasteiger partial charge in [-0.1, -0.05) is 214 Å². The number of hydrogen-bond acceptors (Lipinski definition) is 6. The summed E-state index contributed by atoms with van der Waals surface area (Å²) in [5.41, 5.74) is -0.301. The number of ether oxygens (including phenoxy) is 4. The molecule has 0 aromatic rings. The minimum atomic E-state index is -0.327. The largest absolute Gasteiger partial charge is 0.466 e. The standard InChI is InChI=1S/C53H105NO6/c1-7-12-14-16-18-20-22-24-26-28-30-32-34-36-44-57-48-50(58-45-37-35-33-31-29-27-25-23-21-19-17-15-13-8-2)40-43-54-51(55)38-39-52(56)59-47-42-53(6,11-5)60-46-41-49(9-3)10-4/h49-50H,7-48H2,1-6H3,(H,54,55). The van der Waals surface area contributed by atoms with Gasteiger partial charge in [-0.2, -0.15) is 0 Å². The highest BCUT2D eigenvalue weighted by Gasteiger charge is 2.24. The molecule has 7 heteroatoms. The molecule has 0 bridgehead atoms. The molecule has 1 N–H and O–H groups in total. The molecule has 0 saturated carbocycles. The Balaban J connectivity index is 4.36. The van der Waals surface area contributed by atoms with Crippen molar-refractivity contribution in [2.24, 2.45) is 5.92 Å². The Bertz CT molecular complexity index is 897. The smallest absolute Gasteiger partial charge is 0.306 e. The van der Waals surface area contributed by atoms with Gasteiger partial charge in [0.15, 0.2) is 0 Å². The Morgan fingerprint density at radius 3 is 1.42 bits per heavy atom. The molecule has 1 amide bonds. The summed E-state index contributed by atoms with van der Waals surface area (Å²) in [6, 6.07) is 0. The average molecular weight is 852 g/mol. The zero-order valence-electron chi connectivity index (χ0n) is 41.3. The predicted octanol–water partition coefficient (Wildman–Crippen LogP) is 15.6. The lowest BCUT2D eigenvalue weighted by Crippen LogP contribution is -2.31. The molecule has 0 fully saturated rings. The van der Waals surface area contributed by atoms with Gasteiger partial charge in [-0.05, 0) is 44.9 Å². The van der Waals surface area contributed by atoms with Crippen LogP contribution in [0.25, 0.3) is 0 Å². The number of carbonyl (C=O) groups excluding carboxylic acids is 2. The van der Waals surface area contributed by atoms with Crippen molar-refractivity contribution in [1.29, 1.82) is 0 Å². The van der Waals surface area contributed by atoms with E-state index in [4.69, 9.17) is 18.9 Å². The van der Waals surface area contributed by atoms with Crippen LogP contribution in [0.4, 0.5) is 0 Å². The number of hydrogen-bond donors (Lipinski definition) is 1. The summed E-state index contributed by atoms with van der Waals surface area (Å²) in [5, 5.41) is 3.01. The maximum absolute atomic E-state index is 12.6. The second-order valence-corrected chi connectivity index (χ2v) is 18.5. The molecule has 0 aromatic heterocycles. The summed E-state index contributed by atoms with van der Waals surface area (Å²) in [6.07, 6.45) is 43.6. The molecule has 2 atom stereocenters. The van der Waals surface area contributed by atoms with E-state index in [-0.39, 0.29) is 36.4 Å². The zero-order chi connectivity index (χ0) is 44.0. The number of carbonyl (C=O) groups is 2. The molecule has 60 heavy (non-hydrogen) atoms. The molecular formula is C53H105NO6. The van der Waals surface area contributed by atoms with Crippen molar-refractivity contribution >= 4 is 11.9 Å². The van der Waals surface area contributed by atoms with Gasteiger partial charge in [0.1, 0.15) is 0 Å². The molecule has 358 valence electrons. The molecule has 0 radical (unpaired) electrons. The van der Waals surface area contributed by atoms with E-state index in [1.807, 2.05) is 0 Å². The molecule has 0 aromatic carbocycles. The van der Waals surface area contributed by atoms with Crippen molar-refractivity contribution in [3.8, 4) is 0 Å². The first-order chi connectivity index (χ1) is 29.3. The second kappa shape index (κ2) is 45.8. The fraction of sp³-hybridized carbons (Fsp3) is 0.962. The van der Waals surface area contributed by atoms with E-state index in [2.05, 4.69) is 46.9 Å². The summed E-state index contributed by atoms with van der Waals surface area (Å²) < 4.78 is 24.2. The topological polar surface area (TPSA) is 83.1 Å². The van der Waals surface area contributed by atoms with Crippen LogP contribution in [-0.2, 0) is 28.5 Å². The van der Waals surface area contributed by atoms with Crippen LogP contribution >= 0.6 is 0 Å². The van der Waals surface area contributed by atoms with Gasteiger partial charge in [0, 0.05) is 39.2 Å². The lowest BCUT2D eigenvalue weighted by molar-refractivity contribution is -0.147. The molecule has 0 spiro atoms. The van der Waals surface area contributed by atoms with Gasteiger partial charge in [-0.15, -0.1) is 0 Å². The third kappa shape index (κ3) is 40.9.